The van der Waals surface area contributed by atoms with Crippen molar-refractivity contribution >= 4 is 5.91 Å². The summed E-state index contributed by atoms with van der Waals surface area (Å²) in [7, 11) is 0. The summed E-state index contributed by atoms with van der Waals surface area (Å²) in [6.07, 6.45) is 62.9. The fraction of sp³-hybridized carbons (Fsp3) is 0.823. The lowest BCUT2D eigenvalue weighted by molar-refractivity contribution is -0.302. The molecule has 9 nitrogen and oxygen atoms in total. The number of aliphatic hydroxyl groups excluding tert-OH is 5. The summed E-state index contributed by atoms with van der Waals surface area (Å²) < 4.78 is 11.3. The van der Waals surface area contributed by atoms with Gasteiger partial charge < -0.3 is 40.3 Å². The predicted molar refractivity (Wildman–Crippen MR) is 299 cm³/mol. The molecule has 414 valence electrons. The first-order valence-corrected chi connectivity index (χ1v) is 30.0. The Bertz CT molecular complexity index is 1300. The lowest BCUT2D eigenvalue weighted by Gasteiger charge is -2.40. The molecule has 1 heterocycles. The summed E-state index contributed by atoms with van der Waals surface area (Å²) in [5.41, 5.74) is 0. The lowest BCUT2D eigenvalue weighted by Crippen LogP contribution is -2.60. The van der Waals surface area contributed by atoms with Gasteiger partial charge in [0.25, 0.3) is 0 Å². The van der Waals surface area contributed by atoms with Gasteiger partial charge in [0.2, 0.25) is 5.91 Å². The number of carbonyl (C=O) groups is 1. The average Bonchev–Trinajstić information content (AvgIpc) is 3.37. The molecular weight excluding hydrogens is 887 g/mol. The highest BCUT2D eigenvalue weighted by Gasteiger charge is 2.44. The monoisotopic (exact) mass is 1000 g/mol. The molecule has 1 aliphatic heterocycles. The number of nitrogens with one attached hydrogen (secondary N) is 1. The van der Waals surface area contributed by atoms with Crippen LogP contribution in [0.5, 0.6) is 0 Å². The van der Waals surface area contributed by atoms with Crippen molar-refractivity contribution in [1.82, 2.24) is 5.32 Å². The van der Waals surface area contributed by atoms with Gasteiger partial charge in [0.1, 0.15) is 24.4 Å². The Balaban J connectivity index is 2.24. The van der Waals surface area contributed by atoms with Gasteiger partial charge in [0.15, 0.2) is 6.29 Å². The molecule has 7 unspecified atom stereocenters. The van der Waals surface area contributed by atoms with Crippen molar-refractivity contribution in [2.75, 3.05) is 13.2 Å². The van der Waals surface area contributed by atoms with Crippen LogP contribution in [0.15, 0.2) is 60.8 Å². The van der Waals surface area contributed by atoms with Gasteiger partial charge in [0.05, 0.1) is 25.4 Å². The lowest BCUT2D eigenvalue weighted by atomic mass is 9.99. The summed E-state index contributed by atoms with van der Waals surface area (Å²) in [5, 5.41) is 54.5. The number of rotatable bonds is 51. The van der Waals surface area contributed by atoms with Crippen LogP contribution in [0.25, 0.3) is 0 Å². The van der Waals surface area contributed by atoms with Gasteiger partial charge in [-0.05, 0) is 77.0 Å². The van der Waals surface area contributed by atoms with Crippen LogP contribution in [0.1, 0.15) is 271 Å². The van der Waals surface area contributed by atoms with E-state index in [-0.39, 0.29) is 12.5 Å². The molecule has 1 saturated heterocycles. The highest BCUT2D eigenvalue weighted by molar-refractivity contribution is 5.76. The van der Waals surface area contributed by atoms with Gasteiger partial charge in [-0.25, -0.2) is 0 Å². The number of amides is 1. The highest BCUT2D eigenvalue weighted by Crippen LogP contribution is 2.23. The van der Waals surface area contributed by atoms with E-state index in [1.165, 1.54) is 199 Å². The van der Waals surface area contributed by atoms with E-state index < -0.39 is 49.5 Å². The number of carbonyl (C=O) groups excluding carboxylic acids is 1. The molecule has 1 fully saturated rings. The minimum atomic E-state index is -1.58. The molecule has 0 aromatic rings. The van der Waals surface area contributed by atoms with E-state index >= 15 is 0 Å². The Morgan fingerprint density at radius 2 is 0.845 bits per heavy atom. The third-order valence-electron chi connectivity index (χ3n) is 14.0. The molecular formula is C62H113NO8. The van der Waals surface area contributed by atoms with E-state index in [1.54, 1.807) is 6.08 Å². The van der Waals surface area contributed by atoms with Crippen LogP contribution in [0.2, 0.25) is 0 Å². The Hall–Kier alpha value is -2.11. The van der Waals surface area contributed by atoms with Crippen molar-refractivity contribution < 1.29 is 39.8 Å². The van der Waals surface area contributed by atoms with Crippen LogP contribution in [-0.2, 0) is 14.3 Å². The minimum absolute atomic E-state index is 0.192. The summed E-state index contributed by atoms with van der Waals surface area (Å²) in [6, 6.07) is -0.832. The topological polar surface area (TPSA) is 149 Å². The Kier molecular flexibility index (Phi) is 48.4. The summed E-state index contributed by atoms with van der Waals surface area (Å²) in [5.74, 6) is -0.192. The number of aliphatic hydroxyl groups is 5. The van der Waals surface area contributed by atoms with Crippen LogP contribution in [0, 0.1) is 0 Å². The maximum Gasteiger partial charge on any atom is 0.220 e. The first-order valence-electron chi connectivity index (χ1n) is 30.0. The highest BCUT2D eigenvalue weighted by atomic mass is 16.7. The Morgan fingerprint density at radius 1 is 0.479 bits per heavy atom. The van der Waals surface area contributed by atoms with E-state index in [0.717, 1.165) is 51.4 Å². The van der Waals surface area contributed by atoms with Crippen molar-refractivity contribution in [3.8, 4) is 0 Å². The van der Waals surface area contributed by atoms with Crippen molar-refractivity contribution in [3.63, 3.8) is 0 Å². The molecule has 7 atom stereocenters. The van der Waals surface area contributed by atoms with E-state index in [4.69, 9.17) is 9.47 Å². The zero-order valence-corrected chi connectivity index (χ0v) is 46.0. The van der Waals surface area contributed by atoms with E-state index in [0.29, 0.717) is 6.42 Å². The predicted octanol–water partition coefficient (Wildman–Crippen LogP) is 15.1. The quantitative estimate of drug-likeness (QED) is 0.0261. The molecule has 6 N–H and O–H groups in total. The molecule has 0 radical (unpaired) electrons. The smallest absolute Gasteiger partial charge is 0.220 e. The van der Waals surface area contributed by atoms with Crippen LogP contribution in [0.3, 0.4) is 0 Å². The number of hydrogen-bond donors (Lipinski definition) is 6. The van der Waals surface area contributed by atoms with Gasteiger partial charge in [-0.3, -0.25) is 4.79 Å². The number of unbranched alkanes of at least 4 members (excludes halogenated alkanes) is 33. The zero-order chi connectivity index (χ0) is 51.5. The van der Waals surface area contributed by atoms with Crippen molar-refractivity contribution in [2.24, 2.45) is 0 Å². The largest absolute Gasteiger partial charge is 0.394 e. The molecule has 9 heteroatoms. The number of ether oxygens (including phenoxy) is 2. The van der Waals surface area contributed by atoms with Gasteiger partial charge >= 0.3 is 0 Å². The maximum atomic E-state index is 13.1. The molecule has 0 saturated carbocycles. The second-order valence-corrected chi connectivity index (χ2v) is 20.8. The molecule has 1 amide bonds. The van der Waals surface area contributed by atoms with Crippen LogP contribution in [-0.4, -0.2) is 87.5 Å². The van der Waals surface area contributed by atoms with Gasteiger partial charge in [0, 0.05) is 6.42 Å². The van der Waals surface area contributed by atoms with E-state index in [1.807, 2.05) is 6.08 Å². The molecule has 0 aliphatic carbocycles. The number of hydrogen-bond acceptors (Lipinski definition) is 8. The molecule has 0 bridgehead atoms. The van der Waals surface area contributed by atoms with E-state index in [2.05, 4.69) is 67.8 Å². The first-order chi connectivity index (χ1) is 34.8. The van der Waals surface area contributed by atoms with Gasteiger partial charge in [-0.15, -0.1) is 0 Å². The summed E-state index contributed by atoms with van der Waals surface area (Å²) in [6.45, 7) is 3.78. The van der Waals surface area contributed by atoms with Gasteiger partial charge in [-0.1, -0.05) is 248 Å². The summed E-state index contributed by atoms with van der Waals surface area (Å²) >= 11 is 0. The van der Waals surface area contributed by atoms with E-state index in [9.17, 15) is 30.3 Å². The molecule has 0 aromatic carbocycles. The normalized spacial score (nSPS) is 19.7. The first kappa shape index (κ1) is 66.9. The standard InChI is InChI=1S/C62H113NO8/c1-3-5-7-9-11-13-15-17-19-21-23-25-26-27-28-29-30-32-34-36-38-40-42-44-46-48-50-52-58(66)63-55(54-70-62-61(69)60(68)59(67)57(53-64)71-62)56(65)51-49-47-45-43-41-39-37-35-33-31-24-22-20-18-16-14-12-10-8-6-4-2/h23,25,27-28,33,35,41,43,49,51,55-57,59-62,64-65,67-69H,3-22,24,26,29-32,34,36-40,42,44-48,50,52-54H2,1-2H3,(H,63,66)/b25-23-,28-27-,35-33+,43-41+,51-49+. The minimum Gasteiger partial charge on any atom is -0.394 e. The van der Waals surface area contributed by atoms with Crippen LogP contribution in [0.4, 0.5) is 0 Å². The SMILES string of the molecule is CCCCCCCCCCC/C=C\C/C=C\CCCCCCCCCCCCCC(=O)NC(COC1OC(CO)C(O)C(O)C1O)C(O)/C=C/CC/C=C/CC/C=C/CCCCCCCCCCCCC. The third-order valence-corrected chi connectivity index (χ3v) is 14.0. The Labute approximate surface area is 436 Å². The summed E-state index contributed by atoms with van der Waals surface area (Å²) in [4.78, 5) is 13.1. The average molecular weight is 1000 g/mol. The van der Waals surface area contributed by atoms with Crippen LogP contribution >= 0.6 is 0 Å². The van der Waals surface area contributed by atoms with Crippen molar-refractivity contribution in [2.45, 2.75) is 314 Å². The molecule has 0 aromatic heterocycles. The molecule has 0 spiro atoms. The second kappa shape index (κ2) is 51.4. The zero-order valence-electron chi connectivity index (χ0n) is 46.0. The van der Waals surface area contributed by atoms with Crippen molar-refractivity contribution in [3.05, 3.63) is 60.8 Å². The fourth-order valence-electron chi connectivity index (χ4n) is 9.28. The Morgan fingerprint density at radius 3 is 1.27 bits per heavy atom. The molecule has 71 heavy (non-hydrogen) atoms. The fourth-order valence-corrected chi connectivity index (χ4v) is 9.28. The van der Waals surface area contributed by atoms with Crippen molar-refractivity contribution in [1.29, 1.82) is 0 Å². The molecule has 1 rings (SSSR count). The molecule has 1 aliphatic rings. The second-order valence-electron chi connectivity index (χ2n) is 20.8. The third kappa shape index (κ3) is 40.9. The van der Waals surface area contributed by atoms with Crippen LogP contribution < -0.4 is 5.32 Å². The number of allylic oxidation sites excluding steroid dienone is 9. The maximum absolute atomic E-state index is 13.1. The van der Waals surface area contributed by atoms with Gasteiger partial charge in [-0.2, -0.15) is 0 Å².